The molecule has 0 aliphatic rings. The number of benzene rings is 1. The van der Waals surface area contributed by atoms with Crippen molar-refractivity contribution in [1.29, 1.82) is 0 Å². The highest BCUT2D eigenvalue weighted by molar-refractivity contribution is 9.10. The van der Waals surface area contributed by atoms with Crippen LogP contribution in [0.5, 0.6) is 11.5 Å². The smallest absolute Gasteiger partial charge is 0.262 e. The highest BCUT2D eigenvalue weighted by Crippen LogP contribution is 2.35. The molecule has 1 aromatic carbocycles. The van der Waals surface area contributed by atoms with Crippen LogP contribution in [0.25, 0.3) is 23.2 Å². The molecule has 0 bridgehead atoms. The van der Waals surface area contributed by atoms with Crippen molar-refractivity contribution in [1.82, 2.24) is 19.7 Å². The van der Waals surface area contributed by atoms with E-state index in [1.54, 1.807) is 36.0 Å². The van der Waals surface area contributed by atoms with E-state index in [2.05, 4.69) is 31.0 Å². The lowest BCUT2D eigenvalue weighted by Gasteiger charge is -2.08. The van der Waals surface area contributed by atoms with Crippen molar-refractivity contribution in [3.63, 3.8) is 0 Å². The van der Waals surface area contributed by atoms with Gasteiger partial charge in [-0.05, 0) is 46.6 Å². The highest BCUT2D eigenvalue weighted by atomic mass is 79.9. The molecule has 0 fully saturated rings. The first-order valence-electron chi connectivity index (χ1n) is 7.25. The van der Waals surface area contributed by atoms with Crippen LogP contribution in [-0.4, -0.2) is 31.5 Å². The third-order valence-corrected chi connectivity index (χ3v) is 4.01. The Kier molecular flexibility index (Phi) is 4.39. The van der Waals surface area contributed by atoms with E-state index >= 15 is 0 Å². The summed E-state index contributed by atoms with van der Waals surface area (Å²) in [5, 5.41) is 14.4. The molecule has 0 radical (unpaired) electrons. The summed E-state index contributed by atoms with van der Waals surface area (Å²) in [5.74, 6) is 0.852. The molecule has 24 heavy (non-hydrogen) atoms. The molecule has 0 spiro atoms. The van der Waals surface area contributed by atoms with E-state index < -0.39 is 0 Å². The van der Waals surface area contributed by atoms with Crippen molar-refractivity contribution in [3.8, 4) is 11.5 Å². The van der Waals surface area contributed by atoms with E-state index in [-0.39, 0.29) is 11.3 Å². The third kappa shape index (κ3) is 3.05. The van der Waals surface area contributed by atoms with Gasteiger partial charge >= 0.3 is 0 Å². The number of hydrogen-bond donors (Lipinski definition) is 2. The zero-order valence-electron chi connectivity index (χ0n) is 13.1. The number of halogens is 1. The molecule has 0 aliphatic heterocycles. The summed E-state index contributed by atoms with van der Waals surface area (Å²) in [6.45, 7) is 2.28. The normalized spacial score (nSPS) is 11.5. The number of aryl methyl sites for hydroxylation is 1. The second-order valence-corrected chi connectivity index (χ2v) is 5.93. The fourth-order valence-corrected chi connectivity index (χ4v) is 2.72. The van der Waals surface area contributed by atoms with Crippen LogP contribution in [0.2, 0.25) is 0 Å². The molecule has 0 saturated heterocycles. The fraction of sp³-hybridized carbons (Fsp3) is 0.188. The number of phenols is 1. The minimum Gasteiger partial charge on any atom is -0.503 e. The Balaban J connectivity index is 1.99. The van der Waals surface area contributed by atoms with Gasteiger partial charge in [0.1, 0.15) is 11.2 Å². The van der Waals surface area contributed by atoms with Gasteiger partial charge in [0.15, 0.2) is 17.1 Å². The molecule has 0 unspecified atom stereocenters. The van der Waals surface area contributed by atoms with Gasteiger partial charge in [0.25, 0.3) is 5.56 Å². The van der Waals surface area contributed by atoms with Crippen molar-refractivity contribution < 1.29 is 9.84 Å². The summed E-state index contributed by atoms with van der Waals surface area (Å²) in [4.78, 5) is 19.1. The van der Waals surface area contributed by atoms with Gasteiger partial charge < -0.3 is 14.8 Å². The van der Waals surface area contributed by atoms with Crippen molar-refractivity contribution in [2.45, 2.75) is 6.92 Å². The highest BCUT2D eigenvalue weighted by Gasteiger charge is 2.09. The fourth-order valence-electron chi connectivity index (χ4n) is 2.26. The van der Waals surface area contributed by atoms with Crippen LogP contribution in [0.1, 0.15) is 18.3 Å². The lowest BCUT2D eigenvalue weighted by molar-refractivity contribution is 0.317. The van der Waals surface area contributed by atoms with Crippen molar-refractivity contribution in [2.24, 2.45) is 7.05 Å². The summed E-state index contributed by atoms with van der Waals surface area (Å²) < 4.78 is 7.47. The molecule has 8 heteroatoms. The van der Waals surface area contributed by atoms with Gasteiger partial charge in [0, 0.05) is 7.05 Å². The molecule has 7 nitrogen and oxygen atoms in total. The van der Waals surface area contributed by atoms with Crippen LogP contribution in [-0.2, 0) is 7.05 Å². The Morgan fingerprint density at radius 1 is 1.42 bits per heavy atom. The van der Waals surface area contributed by atoms with Crippen molar-refractivity contribution in [3.05, 3.63) is 44.5 Å². The van der Waals surface area contributed by atoms with Crippen LogP contribution in [0.3, 0.4) is 0 Å². The summed E-state index contributed by atoms with van der Waals surface area (Å²) in [6, 6.07) is 3.45. The molecule has 3 aromatic rings. The SMILES string of the molecule is CCOc1cc(C=Cc2nc3c(cnn3C)c(=O)[nH]2)cc(Br)c1O. The van der Waals surface area contributed by atoms with Gasteiger partial charge in [-0.15, -0.1) is 0 Å². The molecule has 124 valence electrons. The molecule has 0 aliphatic carbocycles. The van der Waals surface area contributed by atoms with E-state index in [9.17, 15) is 9.90 Å². The zero-order chi connectivity index (χ0) is 17.3. The van der Waals surface area contributed by atoms with Gasteiger partial charge in [0.2, 0.25) is 0 Å². The van der Waals surface area contributed by atoms with Crippen LogP contribution in [0.15, 0.2) is 27.6 Å². The Bertz CT molecular complexity index is 991. The van der Waals surface area contributed by atoms with Crippen LogP contribution in [0.4, 0.5) is 0 Å². The lowest BCUT2D eigenvalue weighted by atomic mass is 10.2. The van der Waals surface area contributed by atoms with E-state index in [0.29, 0.717) is 33.7 Å². The number of hydrogen-bond acceptors (Lipinski definition) is 5. The van der Waals surface area contributed by atoms with Crippen LogP contribution >= 0.6 is 15.9 Å². The molecule has 0 saturated carbocycles. The molecule has 2 heterocycles. The average molecular weight is 391 g/mol. The minimum atomic E-state index is -0.241. The number of ether oxygens (including phenoxy) is 1. The number of aromatic hydroxyl groups is 1. The summed E-state index contributed by atoms with van der Waals surface area (Å²) >= 11 is 3.29. The topological polar surface area (TPSA) is 93.0 Å². The molecule has 2 N–H and O–H groups in total. The maximum absolute atomic E-state index is 12.0. The van der Waals surface area contributed by atoms with E-state index in [1.807, 2.05) is 6.92 Å². The van der Waals surface area contributed by atoms with Crippen LogP contribution < -0.4 is 10.3 Å². The van der Waals surface area contributed by atoms with E-state index in [4.69, 9.17) is 4.74 Å². The monoisotopic (exact) mass is 390 g/mol. The number of H-pyrrole nitrogens is 1. The largest absolute Gasteiger partial charge is 0.503 e. The second-order valence-electron chi connectivity index (χ2n) is 5.07. The average Bonchev–Trinajstić information content (AvgIpc) is 2.92. The van der Waals surface area contributed by atoms with Gasteiger partial charge in [-0.25, -0.2) is 4.98 Å². The zero-order valence-corrected chi connectivity index (χ0v) is 14.7. The first kappa shape index (κ1) is 16.3. The number of rotatable bonds is 4. The van der Waals surface area contributed by atoms with Crippen molar-refractivity contribution in [2.75, 3.05) is 6.61 Å². The number of nitrogens with zero attached hydrogens (tertiary/aromatic N) is 3. The number of aromatic nitrogens is 4. The molecule has 2 aromatic heterocycles. The van der Waals surface area contributed by atoms with E-state index in [0.717, 1.165) is 5.56 Å². The minimum absolute atomic E-state index is 0.0526. The molecular formula is C16H15BrN4O3. The summed E-state index contributed by atoms with van der Waals surface area (Å²) in [7, 11) is 1.73. The maximum Gasteiger partial charge on any atom is 0.262 e. The Morgan fingerprint density at radius 3 is 2.96 bits per heavy atom. The number of aromatic amines is 1. The first-order chi connectivity index (χ1) is 11.5. The maximum atomic E-state index is 12.0. The molecule has 0 atom stereocenters. The first-order valence-corrected chi connectivity index (χ1v) is 8.04. The van der Waals surface area contributed by atoms with Gasteiger partial charge in [-0.2, -0.15) is 5.10 Å². The third-order valence-electron chi connectivity index (χ3n) is 3.40. The molecule has 3 rings (SSSR count). The summed E-state index contributed by atoms with van der Waals surface area (Å²) in [6.07, 6.45) is 4.94. The van der Waals surface area contributed by atoms with Gasteiger partial charge in [-0.3, -0.25) is 9.48 Å². The second kappa shape index (κ2) is 6.48. The standard InChI is InChI=1S/C16H15BrN4O3/c1-3-24-12-7-9(6-11(17)14(12)22)4-5-13-19-15-10(16(23)20-13)8-18-21(15)2/h4-8,22H,3H2,1-2H3,(H,19,20,23). The Morgan fingerprint density at radius 2 is 2.21 bits per heavy atom. The van der Waals surface area contributed by atoms with Crippen LogP contribution in [0, 0.1) is 0 Å². The predicted molar refractivity (Wildman–Crippen MR) is 95.0 cm³/mol. The van der Waals surface area contributed by atoms with Gasteiger partial charge in [-0.1, -0.05) is 6.08 Å². The van der Waals surface area contributed by atoms with E-state index in [1.165, 1.54) is 6.20 Å². The molecule has 0 amide bonds. The predicted octanol–water partition coefficient (Wildman–Crippen LogP) is 2.69. The Hall–Kier alpha value is -2.61. The van der Waals surface area contributed by atoms with Gasteiger partial charge in [0.05, 0.1) is 17.3 Å². The Labute approximate surface area is 145 Å². The summed E-state index contributed by atoms with van der Waals surface area (Å²) in [5.41, 5.74) is 1.06. The quantitative estimate of drug-likeness (QED) is 0.714. The number of fused-ring (bicyclic) bond motifs is 1. The molecular weight excluding hydrogens is 376 g/mol. The lowest BCUT2D eigenvalue weighted by Crippen LogP contribution is -2.09. The number of phenolic OH excluding ortho intramolecular Hbond substituents is 1. The number of nitrogens with one attached hydrogen (secondary N) is 1. The van der Waals surface area contributed by atoms with Crippen molar-refractivity contribution >= 4 is 39.1 Å².